The van der Waals surface area contributed by atoms with Crippen LogP contribution in [0, 0.1) is 6.92 Å². The van der Waals surface area contributed by atoms with Crippen LogP contribution < -0.4 is 10.6 Å². The number of amides is 2. The molecule has 0 radical (unpaired) electrons. The fraction of sp³-hybridized carbons (Fsp3) is 0.588. The molecule has 3 nitrogen and oxygen atoms in total. The molecule has 1 aliphatic carbocycles. The minimum atomic E-state index is -0.0725. The van der Waals surface area contributed by atoms with Gasteiger partial charge in [-0.05, 0) is 36.3 Å². The van der Waals surface area contributed by atoms with E-state index in [1.165, 1.54) is 18.4 Å². The van der Waals surface area contributed by atoms with Gasteiger partial charge in [-0.3, -0.25) is 0 Å². The van der Waals surface area contributed by atoms with Gasteiger partial charge in [0.15, 0.2) is 0 Å². The van der Waals surface area contributed by atoms with Crippen molar-refractivity contribution in [3.05, 3.63) is 29.3 Å². The van der Waals surface area contributed by atoms with Crippen LogP contribution in [0.4, 0.5) is 10.5 Å². The predicted molar refractivity (Wildman–Crippen MR) is 84.3 cm³/mol. The Kier molecular flexibility index (Phi) is 4.36. The third-order valence-electron chi connectivity index (χ3n) is 4.01. The molecule has 20 heavy (non-hydrogen) atoms. The molecule has 2 N–H and O–H groups in total. The fourth-order valence-electron chi connectivity index (χ4n) is 2.86. The molecule has 1 aromatic rings. The molecule has 1 aliphatic rings. The molecule has 0 unspecified atom stereocenters. The third-order valence-corrected chi connectivity index (χ3v) is 4.01. The Morgan fingerprint density at radius 2 is 1.85 bits per heavy atom. The van der Waals surface area contributed by atoms with E-state index in [9.17, 15) is 4.79 Å². The molecule has 2 rings (SSSR count). The number of hydrogen-bond acceptors (Lipinski definition) is 1. The lowest BCUT2D eigenvalue weighted by Crippen LogP contribution is -2.36. The minimum absolute atomic E-state index is 0.0159. The summed E-state index contributed by atoms with van der Waals surface area (Å²) >= 11 is 0. The highest BCUT2D eigenvalue weighted by Crippen LogP contribution is 2.31. The molecular formula is C17H26N2O. The monoisotopic (exact) mass is 274 g/mol. The summed E-state index contributed by atoms with van der Waals surface area (Å²) in [5.41, 5.74) is 3.26. The van der Waals surface area contributed by atoms with Crippen LogP contribution in [0.15, 0.2) is 18.2 Å². The molecule has 3 heteroatoms. The van der Waals surface area contributed by atoms with Crippen LogP contribution >= 0.6 is 0 Å². The van der Waals surface area contributed by atoms with Crippen molar-refractivity contribution in [3.8, 4) is 0 Å². The van der Waals surface area contributed by atoms with Crippen LogP contribution in [0.2, 0.25) is 0 Å². The van der Waals surface area contributed by atoms with Crippen LogP contribution in [0.25, 0.3) is 0 Å². The number of nitrogens with one attached hydrogen (secondary N) is 2. The second-order valence-electron chi connectivity index (χ2n) is 6.83. The second-order valence-corrected chi connectivity index (χ2v) is 6.83. The van der Waals surface area contributed by atoms with Crippen molar-refractivity contribution in [2.45, 2.75) is 64.8 Å². The van der Waals surface area contributed by atoms with Gasteiger partial charge in [0, 0.05) is 11.7 Å². The first-order valence-corrected chi connectivity index (χ1v) is 7.55. The summed E-state index contributed by atoms with van der Waals surface area (Å²) in [6.45, 7) is 8.55. The first-order valence-electron chi connectivity index (χ1n) is 7.55. The van der Waals surface area contributed by atoms with Crippen molar-refractivity contribution in [2.75, 3.05) is 5.32 Å². The lowest BCUT2D eigenvalue weighted by molar-refractivity contribution is 0.248. The largest absolute Gasteiger partial charge is 0.335 e. The van der Waals surface area contributed by atoms with E-state index in [0.717, 1.165) is 24.1 Å². The minimum Gasteiger partial charge on any atom is -0.335 e. The van der Waals surface area contributed by atoms with E-state index in [0.29, 0.717) is 6.04 Å². The molecule has 2 amide bonds. The van der Waals surface area contributed by atoms with E-state index in [2.05, 4.69) is 43.5 Å². The van der Waals surface area contributed by atoms with Gasteiger partial charge in [0.05, 0.1) is 0 Å². The van der Waals surface area contributed by atoms with Crippen LogP contribution in [-0.2, 0) is 5.41 Å². The van der Waals surface area contributed by atoms with Gasteiger partial charge >= 0.3 is 6.03 Å². The fourth-order valence-corrected chi connectivity index (χ4v) is 2.86. The number of anilines is 1. The van der Waals surface area contributed by atoms with Crippen molar-refractivity contribution in [1.82, 2.24) is 5.32 Å². The summed E-state index contributed by atoms with van der Waals surface area (Å²) < 4.78 is 0. The van der Waals surface area contributed by atoms with Crippen molar-refractivity contribution < 1.29 is 4.79 Å². The Bertz CT molecular complexity index is 482. The van der Waals surface area contributed by atoms with E-state index in [1.54, 1.807) is 0 Å². The lowest BCUT2D eigenvalue weighted by Gasteiger charge is -2.25. The summed E-state index contributed by atoms with van der Waals surface area (Å²) in [6.07, 6.45) is 4.66. The Labute approximate surface area is 122 Å². The zero-order chi connectivity index (χ0) is 14.8. The molecule has 0 heterocycles. The van der Waals surface area contributed by atoms with Gasteiger partial charge in [0.1, 0.15) is 0 Å². The number of para-hydroxylation sites is 1. The summed E-state index contributed by atoms with van der Waals surface area (Å²) in [4.78, 5) is 12.2. The topological polar surface area (TPSA) is 41.1 Å². The van der Waals surface area contributed by atoms with Crippen molar-refractivity contribution in [2.24, 2.45) is 0 Å². The van der Waals surface area contributed by atoms with Crippen LogP contribution in [0.3, 0.4) is 0 Å². The van der Waals surface area contributed by atoms with Crippen molar-refractivity contribution >= 4 is 11.7 Å². The second kappa shape index (κ2) is 5.86. The number of rotatable bonds is 2. The van der Waals surface area contributed by atoms with E-state index in [-0.39, 0.29) is 11.4 Å². The zero-order valence-electron chi connectivity index (χ0n) is 13.0. The number of aryl methyl sites for hydroxylation is 1. The first-order chi connectivity index (χ1) is 9.38. The van der Waals surface area contributed by atoms with Gasteiger partial charge in [-0.2, -0.15) is 0 Å². The Balaban J connectivity index is 2.13. The van der Waals surface area contributed by atoms with Crippen LogP contribution in [0.1, 0.15) is 57.6 Å². The van der Waals surface area contributed by atoms with E-state index in [1.807, 2.05) is 13.0 Å². The SMILES string of the molecule is Cc1cccc(C(C)(C)C)c1NC(=O)NC1CCCC1. The molecule has 1 fully saturated rings. The molecule has 110 valence electrons. The maximum atomic E-state index is 12.2. The quantitative estimate of drug-likeness (QED) is 0.826. The molecule has 0 bridgehead atoms. The smallest absolute Gasteiger partial charge is 0.319 e. The van der Waals surface area contributed by atoms with Gasteiger partial charge in [0.2, 0.25) is 0 Å². The predicted octanol–water partition coefficient (Wildman–Crippen LogP) is 4.36. The molecule has 1 saturated carbocycles. The van der Waals surface area contributed by atoms with Gasteiger partial charge in [-0.25, -0.2) is 4.79 Å². The highest BCUT2D eigenvalue weighted by atomic mass is 16.2. The maximum Gasteiger partial charge on any atom is 0.319 e. The normalized spacial score (nSPS) is 16.2. The summed E-state index contributed by atoms with van der Waals surface area (Å²) in [7, 11) is 0. The summed E-state index contributed by atoms with van der Waals surface area (Å²) in [6, 6.07) is 6.46. The van der Waals surface area contributed by atoms with Crippen LogP contribution in [0.5, 0.6) is 0 Å². The number of urea groups is 1. The number of benzene rings is 1. The number of carbonyl (C=O) groups is 1. The van der Waals surface area contributed by atoms with Crippen molar-refractivity contribution in [1.29, 1.82) is 0 Å². The average molecular weight is 274 g/mol. The van der Waals surface area contributed by atoms with Gasteiger partial charge in [-0.15, -0.1) is 0 Å². The van der Waals surface area contributed by atoms with E-state index < -0.39 is 0 Å². The van der Waals surface area contributed by atoms with E-state index in [4.69, 9.17) is 0 Å². The van der Waals surface area contributed by atoms with Gasteiger partial charge in [-0.1, -0.05) is 51.8 Å². The zero-order valence-corrected chi connectivity index (χ0v) is 13.0. The molecular weight excluding hydrogens is 248 g/mol. The van der Waals surface area contributed by atoms with Gasteiger partial charge < -0.3 is 10.6 Å². The summed E-state index contributed by atoms with van der Waals surface area (Å²) in [5.74, 6) is 0. The maximum absolute atomic E-state index is 12.2. The Morgan fingerprint density at radius 1 is 1.20 bits per heavy atom. The number of carbonyl (C=O) groups excluding carboxylic acids is 1. The molecule has 0 atom stereocenters. The molecule has 0 spiro atoms. The standard InChI is InChI=1S/C17H26N2O/c1-12-8-7-11-14(17(2,3)4)15(12)19-16(20)18-13-9-5-6-10-13/h7-8,11,13H,5-6,9-10H2,1-4H3,(H2,18,19,20). The highest BCUT2D eigenvalue weighted by molar-refractivity contribution is 5.91. The lowest BCUT2D eigenvalue weighted by atomic mass is 9.84. The van der Waals surface area contributed by atoms with Crippen molar-refractivity contribution in [3.63, 3.8) is 0 Å². The first kappa shape index (κ1) is 14.9. The van der Waals surface area contributed by atoms with E-state index >= 15 is 0 Å². The molecule has 1 aromatic carbocycles. The third kappa shape index (κ3) is 3.53. The molecule has 0 aliphatic heterocycles. The van der Waals surface area contributed by atoms with Gasteiger partial charge in [0.25, 0.3) is 0 Å². The van der Waals surface area contributed by atoms with Crippen LogP contribution in [-0.4, -0.2) is 12.1 Å². The molecule has 0 saturated heterocycles. The molecule has 0 aromatic heterocycles. The average Bonchev–Trinajstić information content (AvgIpc) is 2.83. The number of hydrogen-bond donors (Lipinski definition) is 2. The Hall–Kier alpha value is -1.51. The Morgan fingerprint density at radius 3 is 2.45 bits per heavy atom. The highest BCUT2D eigenvalue weighted by Gasteiger charge is 2.22. The summed E-state index contributed by atoms with van der Waals surface area (Å²) in [5, 5.41) is 6.15.